The van der Waals surface area contributed by atoms with E-state index in [0.29, 0.717) is 13.0 Å². The number of aliphatic hydroxyl groups excluding tert-OH is 2. The molecule has 13 heteroatoms. The Bertz CT molecular complexity index is 1330. The molecule has 0 saturated heterocycles. The number of phenols is 1. The summed E-state index contributed by atoms with van der Waals surface area (Å²) < 4.78 is 43.1. The SMILES string of the molecule is CCCNCc1cc(O)c2c(c1C(F)(F)F)C[C@H]1C[C@H]3[C@H](N(C)C)C(O)=C(C(N)=O)C(=O)[C@@]3(O)C(O)=C1C2=O. The number of nitrogens with zero attached hydrogens (tertiary/aromatic N) is 1. The number of fused-ring (bicyclic) bond motifs is 3. The summed E-state index contributed by atoms with van der Waals surface area (Å²) in [4.78, 5) is 40.3. The number of halogens is 3. The highest BCUT2D eigenvalue weighted by Gasteiger charge is 2.63. The molecule has 1 amide bonds. The van der Waals surface area contributed by atoms with Crippen LogP contribution in [0.25, 0.3) is 0 Å². The van der Waals surface area contributed by atoms with Crippen molar-refractivity contribution in [1.29, 1.82) is 0 Å². The van der Waals surface area contributed by atoms with E-state index in [9.17, 15) is 48.0 Å². The van der Waals surface area contributed by atoms with E-state index in [-0.39, 0.29) is 18.5 Å². The van der Waals surface area contributed by atoms with Gasteiger partial charge in [0.05, 0.1) is 17.2 Å². The van der Waals surface area contributed by atoms with Crippen LogP contribution in [0.5, 0.6) is 5.75 Å². The number of Topliss-reactive ketones (excluding diaryl/α,β-unsaturated/α-hetero) is 2. The first-order valence-electron chi connectivity index (χ1n) is 12.4. The van der Waals surface area contributed by atoms with E-state index in [4.69, 9.17) is 5.73 Å². The highest BCUT2D eigenvalue weighted by Crippen LogP contribution is 2.53. The minimum atomic E-state index is -4.88. The Hall–Kier alpha value is -3.42. The van der Waals surface area contributed by atoms with Crippen molar-refractivity contribution in [3.8, 4) is 5.75 Å². The smallest absolute Gasteiger partial charge is 0.417 e. The zero-order valence-corrected chi connectivity index (χ0v) is 21.5. The average molecular weight is 554 g/mol. The Labute approximate surface area is 221 Å². The van der Waals surface area contributed by atoms with E-state index in [1.165, 1.54) is 19.0 Å². The number of aliphatic hydroxyl groups is 3. The Kier molecular flexibility index (Phi) is 7.07. The van der Waals surface area contributed by atoms with Gasteiger partial charge in [0, 0.05) is 18.0 Å². The Morgan fingerprint density at radius 3 is 2.41 bits per heavy atom. The van der Waals surface area contributed by atoms with Crippen LogP contribution in [0.2, 0.25) is 0 Å². The summed E-state index contributed by atoms with van der Waals surface area (Å²) in [6.07, 6.45) is -4.98. The van der Waals surface area contributed by atoms with Crippen LogP contribution in [-0.4, -0.2) is 75.1 Å². The van der Waals surface area contributed by atoms with Crippen LogP contribution in [0.15, 0.2) is 28.7 Å². The lowest BCUT2D eigenvalue weighted by atomic mass is 9.58. The molecule has 3 aliphatic rings. The number of allylic oxidation sites excluding steroid dienone is 1. The van der Waals surface area contributed by atoms with Gasteiger partial charge in [0.25, 0.3) is 5.91 Å². The first-order chi connectivity index (χ1) is 18.1. The van der Waals surface area contributed by atoms with Crippen molar-refractivity contribution in [3.63, 3.8) is 0 Å². The molecular formula is C26H30F3N3O7. The minimum Gasteiger partial charge on any atom is -0.510 e. The number of alkyl halides is 3. The number of likely N-dealkylation sites (N-methyl/N-ethyl adjacent to an activating group) is 1. The monoisotopic (exact) mass is 553 g/mol. The van der Waals surface area contributed by atoms with Crippen molar-refractivity contribution in [2.45, 2.75) is 50.6 Å². The number of hydrogen-bond acceptors (Lipinski definition) is 9. The number of nitrogens with two attached hydrogens (primary N) is 1. The van der Waals surface area contributed by atoms with Gasteiger partial charge in [-0.05, 0) is 63.0 Å². The maximum Gasteiger partial charge on any atom is 0.417 e. The Balaban J connectivity index is 1.95. The van der Waals surface area contributed by atoms with Crippen LogP contribution in [-0.2, 0) is 28.7 Å². The van der Waals surface area contributed by atoms with Crippen LogP contribution < -0.4 is 11.1 Å². The van der Waals surface area contributed by atoms with E-state index < -0.39 is 98.7 Å². The third-order valence-corrected chi connectivity index (χ3v) is 7.83. The lowest BCUT2D eigenvalue weighted by molar-refractivity contribution is -0.148. The number of nitrogens with one attached hydrogen (secondary N) is 1. The molecule has 4 rings (SSSR count). The van der Waals surface area contributed by atoms with Crippen molar-refractivity contribution < 1.29 is 48.0 Å². The molecule has 0 heterocycles. The van der Waals surface area contributed by atoms with Gasteiger partial charge in [-0.2, -0.15) is 13.2 Å². The predicted molar refractivity (Wildman–Crippen MR) is 131 cm³/mol. The van der Waals surface area contributed by atoms with Crippen molar-refractivity contribution >= 4 is 17.5 Å². The number of hydrogen-bond donors (Lipinski definition) is 6. The van der Waals surface area contributed by atoms with Gasteiger partial charge < -0.3 is 31.5 Å². The second kappa shape index (κ2) is 9.65. The molecule has 3 aliphatic carbocycles. The van der Waals surface area contributed by atoms with Gasteiger partial charge in [0.15, 0.2) is 11.4 Å². The zero-order valence-electron chi connectivity index (χ0n) is 21.5. The molecule has 0 saturated carbocycles. The molecular weight excluding hydrogens is 523 g/mol. The lowest BCUT2D eigenvalue weighted by Gasteiger charge is -2.50. The first kappa shape index (κ1) is 28.6. The Morgan fingerprint density at radius 1 is 1.23 bits per heavy atom. The molecule has 0 bridgehead atoms. The number of carbonyl (C=O) groups is 3. The highest BCUT2D eigenvalue weighted by atomic mass is 19.4. The topological polar surface area (TPSA) is 173 Å². The number of phenolic OH excluding ortho intramolecular Hbond substituents is 1. The summed E-state index contributed by atoms with van der Waals surface area (Å²) in [6, 6.07) is -0.393. The lowest BCUT2D eigenvalue weighted by Crippen LogP contribution is -2.63. The second-order valence-corrected chi connectivity index (χ2v) is 10.4. The number of carbonyl (C=O) groups excluding carboxylic acids is 3. The van der Waals surface area contributed by atoms with Gasteiger partial charge in [-0.15, -0.1) is 0 Å². The molecule has 1 aromatic rings. The van der Waals surface area contributed by atoms with Gasteiger partial charge in [0.2, 0.25) is 5.78 Å². The van der Waals surface area contributed by atoms with Crippen LogP contribution in [0, 0.1) is 11.8 Å². The summed E-state index contributed by atoms with van der Waals surface area (Å²) in [7, 11) is 2.92. The molecule has 0 radical (unpaired) electrons. The fourth-order valence-electron chi connectivity index (χ4n) is 6.28. The average Bonchev–Trinajstić information content (AvgIpc) is 2.80. The normalized spacial score (nSPS) is 27.0. The standard InChI is InChI=1S/C26H30F3N3O7/c1-4-5-31-9-11-8-14(33)16-12(18(11)26(27,28)29)6-10-7-13-19(32(2)3)21(35)17(24(30)38)23(37)25(13,39)22(36)15(10)20(16)34/h8,10,13,19,31,33,35-36,39H,4-7,9H2,1-3H3,(H2,30,38)/t10-,13-,19-,25-/m0/s1. The molecule has 0 spiro atoms. The molecule has 4 atom stereocenters. The number of rotatable bonds is 6. The molecule has 10 nitrogen and oxygen atoms in total. The molecule has 0 fully saturated rings. The largest absolute Gasteiger partial charge is 0.510 e. The van der Waals surface area contributed by atoms with E-state index >= 15 is 0 Å². The van der Waals surface area contributed by atoms with E-state index in [1.807, 2.05) is 6.92 Å². The van der Waals surface area contributed by atoms with Gasteiger partial charge in [-0.25, -0.2) is 0 Å². The quantitative estimate of drug-likeness (QED) is 0.226. The molecule has 0 aromatic heterocycles. The van der Waals surface area contributed by atoms with Gasteiger partial charge in [-0.1, -0.05) is 6.92 Å². The molecule has 1 aromatic carbocycles. The summed E-state index contributed by atoms with van der Waals surface area (Å²) in [5.41, 5.74) is -1.53. The van der Waals surface area contributed by atoms with Gasteiger partial charge in [0.1, 0.15) is 22.8 Å². The maximum atomic E-state index is 14.4. The zero-order chi connectivity index (χ0) is 29.2. The number of benzene rings is 1. The van der Waals surface area contributed by atoms with E-state index in [0.717, 1.165) is 6.07 Å². The van der Waals surface area contributed by atoms with Crippen molar-refractivity contribution in [1.82, 2.24) is 10.2 Å². The molecule has 0 aliphatic heterocycles. The summed E-state index contributed by atoms with van der Waals surface area (Å²) in [5, 5.41) is 47.1. The molecule has 7 N–H and O–H groups in total. The third-order valence-electron chi connectivity index (χ3n) is 7.83. The minimum absolute atomic E-state index is 0.218. The first-order valence-corrected chi connectivity index (χ1v) is 12.4. The van der Waals surface area contributed by atoms with Crippen LogP contribution in [0.4, 0.5) is 13.2 Å². The number of amides is 1. The van der Waals surface area contributed by atoms with Crippen molar-refractivity contribution in [2.24, 2.45) is 17.6 Å². The highest BCUT2D eigenvalue weighted by molar-refractivity contribution is 6.24. The van der Waals surface area contributed by atoms with E-state index in [1.54, 1.807) is 0 Å². The Morgan fingerprint density at radius 2 is 1.87 bits per heavy atom. The molecule has 0 unspecified atom stereocenters. The third kappa shape index (κ3) is 4.19. The van der Waals surface area contributed by atoms with Crippen LogP contribution >= 0.6 is 0 Å². The maximum absolute atomic E-state index is 14.4. The van der Waals surface area contributed by atoms with Crippen LogP contribution in [0.1, 0.15) is 46.8 Å². The fraction of sp³-hybridized carbons (Fsp3) is 0.500. The van der Waals surface area contributed by atoms with Crippen LogP contribution in [0.3, 0.4) is 0 Å². The molecule has 212 valence electrons. The fourth-order valence-corrected chi connectivity index (χ4v) is 6.28. The molecule has 39 heavy (non-hydrogen) atoms. The summed E-state index contributed by atoms with van der Waals surface area (Å²) in [6.45, 7) is 2.04. The van der Waals surface area contributed by atoms with Crippen molar-refractivity contribution in [2.75, 3.05) is 20.6 Å². The number of primary amides is 1. The van der Waals surface area contributed by atoms with Gasteiger partial charge >= 0.3 is 6.18 Å². The second-order valence-electron chi connectivity index (χ2n) is 10.4. The number of ketones is 2. The van der Waals surface area contributed by atoms with Gasteiger partial charge in [-0.3, -0.25) is 19.3 Å². The summed E-state index contributed by atoms with van der Waals surface area (Å²) in [5.74, 6) is -9.02. The predicted octanol–water partition coefficient (Wildman–Crippen LogP) is 1.64. The number of aromatic hydroxyl groups is 1. The summed E-state index contributed by atoms with van der Waals surface area (Å²) >= 11 is 0. The van der Waals surface area contributed by atoms with E-state index in [2.05, 4.69) is 5.32 Å². The van der Waals surface area contributed by atoms with Crippen molar-refractivity contribution in [3.05, 3.63) is 51.0 Å².